The first kappa shape index (κ1) is 18.0. The predicted octanol–water partition coefficient (Wildman–Crippen LogP) is 5.30. The molecule has 2 N–H and O–H groups in total. The van der Waals surface area contributed by atoms with E-state index in [2.05, 4.69) is 20.6 Å². The van der Waals surface area contributed by atoms with Gasteiger partial charge in [-0.2, -0.15) is 18.2 Å². The molecule has 1 amide bonds. The fourth-order valence-corrected chi connectivity index (χ4v) is 3.08. The second-order valence-corrected chi connectivity index (χ2v) is 6.54. The van der Waals surface area contributed by atoms with Gasteiger partial charge in [0.25, 0.3) is 5.91 Å². The summed E-state index contributed by atoms with van der Waals surface area (Å²) >= 11 is 1.14. The lowest BCUT2D eigenvalue weighted by molar-refractivity contribution is -0.137. The Balaban J connectivity index is 1.50. The maximum Gasteiger partial charge on any atom is 0.416 e. The minimum Gasteiger partial charge on any atom is -0.423 e. The fraction of sp³-hybridized carbons (Fsp3) is 0.0556. The number of amides is 1. The number of carbonyl (C=O) groups is 1. The maximum absolute atomic E-state index is 12.8. The van der Waals surface area contributed by atoms with Crippen LogP contribution in [0.5, 0.6) is 0 Å². The lowest BCUT2D eigenvalue weighted by atomic mass is 10.2. The molecule has 2 heterocycles. The van der Waals surface area contributed by atoms with Crippen LogP contribution in [-0.4, -0.2) is 15.9 Å². The number of aromatic nitrogens is 2. The number of hydrogen-bond donors (Lipinski definition) is 2. The van der Waals surface area contributed by atoms with Crippen molar-refractivity contribution in [2.24, 2.45) is 0 Å². The van der Waals surface area contributed by atoms with Crippen LogP contribution in [0.3, 0.4) is 0 Å². The van der Waals surface area contributed by atoms with Crippen molar-refractivity contribution in [3.63, 3.8) is 0 Å². The molecule has 0 aliphatic carbocycles. The standard InChI is InChI=1S/C18H11F3N4O2S/c19-18(20,21)10-6-7-14-12(8-10)23-16(27-14)25-17-24-13(9-28-17)15(26)22-11-4-2-1-3-5-11/h1-9H,(H,22,26)(H,23,24,25). The zero-order chi connectivity index (χ0) is 19.7. The SMILES string of the molecule is O=C(Nc1ccccc1)c1csc(Nc2nc3cc(C(F)(F)F)ccc3o2)n1. The van der Waals surface area contributed by atoms with Crippen molar-refractivity contribution in [2.75, 3.05) is 10.6 Å². The molecule has 4 aromatic rings. The molecule has 2 aromatic carbocycles. The average Bonchev–Trinajstić information content (AvgIpc) is 3.27. The molecule has 0 radical (unpaired) electrons. The van der Waals surface area contributed by atoms with Crippen LogP contribution in [0.2, 0.25) is 0 Å². The second kappa shape index (κ2) is 6.97. The van der Waals surface area contributed by atoms with Crippen LogP contribution < -0.4 is 10.6 Å². The molecule has 0 saturated heterocycles. The minimum absolute atomic E-state index is 0.0151. The third kappa shape index (κ3) is 3.81. The van der Waals surface area contributed by atoms with E-state index >= 15 is 0 Å². The van der Waals surface area contributed by atoms with Crippen molar-refractivity contribution in [1.82, 2.24) is 9.97 Å². The number of carbonyl (C=O) groups excluding carboxylic acids is 1. The zero-order valence-corrected chi connectivity index (χ0v) is 14.8. The van der Waals surface area contributed by atoms with E-state index in [1.807, 2.05) is 6.07 Å². The maximum atomic E-state index is 12.8. The summed E-state index contributed by atoms with van der Waals surface area (Å²) in [6.45, 7) is 0. The summed E-state index contributed by atoms with van der Waals surface area (Å²) in [5, 5.41) is 7.33. The van der Waals surface area contributed by atoms with Gasteiger partial charge in [0.15, 0.2) is 10.7 Å². The zero-order valence-electron chi connectivity index (χ0n) is 13.9. The number of hydrogen-bond acceptors (Lipinski definition) is 6. The first-order valence-corrected chi connectivity index (χ1v) is 8.83. The van der Waals surface area contributed by atoms with Crippen molar-refractivity contribution >= 4 is 45.2 Å². The summed E-state index contributed by atoms with van der Waals surface area (Å²) in [4.78, 5) is 20.3. The number of thiazole rings is 1. The number of benzene rings is 2. The molecule has 0 atom stereocenters. The molecule has 0 bridgehead atoms. The topological polar surface area (TPSA) is 80.0 Å². The number of anilines is 3. The van der Waals surface area contributed by atoms with E-state index in [9.17, 15) is 18.0 Å². The monoisotopic (exact) mass is 404 g/mol. The van der Waals surface area contributed by atoms with Gasteiger partial charge in [-0.05, 0) is 30.3 Å². The van der Waals surface area contributed by atoms with Gasteiger partial charge in [0.2, 0.25) is 0 Å². The predicted molar refractivity (Wildman–Crippen MR) is 98.8 cm³/mol. The van der Waals surface area contributed by atoms with E-state index < -0.39 is 11.7 Å². The number of halogens is 3. The van der Waals surface area contributed by atoms with E-state index in [0.717, 1.165) is 23.5 Å². The summed E-state index contributed by atoms with van der Waals surface area (Å²) in [6, 6.07) is 11.9. The van der Waals surface area contributed by atoms with E-state index in [1.165, 1.54) is 6.07 Å². The van der Waals surface area contributed by atoms with Gasteiger partial charge in [0.05, 0.1) is 5.56 Å². The molecule has 0 fully saturated rings. The third-order valence-electron chi connectivity index (χ3n) is 3.70. The number of fused-ring (bicyclic) bond motifs is 1. The highest BCUT2D eigenvalue weighted by Gasteiger charge is 2.31. The number of para-hydroxylation sites is 1. The molecule has 10 heteroatoms. The first-order chi connectivity index (χ1) is 13.4. The first-order valence-electron chi connectivity index (χ1n) is 7.95. The second-order valence-electron chi connectivity index (χ2n) is 5.68. The molecule has 0 aliphatic heterocycles. The summed E-state index contributed by atoms with van der Waals surface area (Å²) in [5.41, 5.74) is 0.278. The molecule has 28 heavy (non-hydrogen) atoms. The van der Waals surface area contributed by atoms with Crippen LogP contribution in [0.25, 0.3) is 11.1 Å². The summed E-state index contributed by atoms with van der Waals surface area (Å²) in [6.07, 6.45) is -4.46. The Kier molecular flexibility index (Phi) is 4.47. The lowest BCUT2D eigenvalue weighted by Crippen LogP contribution is -2.12. The average molecular weight is 404 g/mol. The largest absolute Gasteiger partial charge is 0.423 e. The Morgan fingerprint density at radius 3 is 2.61 bits per heavy atom. The Hall–Kier alpha value is -3.40. The highest BCUT2D eigenvalue weighted by Crippen LogP contribution is 2.32. The van der Waals surface area contributed by atoms with E-state index in [4.69, 9.17) is 4.42 Å². The number of nitrogens with one attached hydrogen (secondary N) is 2. The molecule has 6 nitrogen and oxygen atoms in total. The highest BCUT2D eigenvalue weighted by atomic mass is 32.1. The van der Waals surface area contributed by atoms with E-state index in [1.54, 1.807) is 29.6 Å². The normalized spacial score (nSPS) is 11.5. The Morgan fingerprint density at radius 1 is 1.07 bits per heavy atom. The third-order valence-corrected chi connectivity index (χ3v) is 4.45. The van der Waals surface area contributed by atoms with Gasteiger partial charge in [0.1, 0.15) is 11.2 Å². The summed E-state index contributed by atoms with van der Waals surface area (Å²) < 4.78 is 43.7. The van der Waals surface area contributed by atoms with Crippen LogP contribution >= 0.6 is 11.3 Å². The molecule has 4 rings (SSSR count). The van der Waals surface area contributed by atoms with Crippen LogP contribution in [0.1, 0.15) is 16.1 Å². The molecular formula is C18H11F3N4O2S. The molecule has 0 unspecified atom stereocenters. The number of alkyl halides is 3. The Labute approximate surface area is 160 Å². The van der Waals surface area contributed by atoms with Gasteiger partial charge in [-0.15, -0.1) is 11.3 Å². The Morgan fingerprint density at radius 2 is 1.86 bits per heavy atom. The van der Waals surface area contributed by atoms with Crippen molar-refractivity contribution in [3.05, 3.63) is 65.2 Å². The lowest BCUT2D eigenvalue weighted by Gasteiger charge is -2.04. The Bertz CT molecular complexity index is 1140. The smallest absolute Gasteiger partial charge is 0.416 e. The van der Waals surface area contributed by atoms with Gasteiger partial charge in [-0.1, -0.05) is 18.2 Å². The van der Waals surface area contributed by atoms with Crippen molar-refractivity contribution < 1.29 is 22.4 Å². The number of rotatable bonds is 4. The minimum atomic E-state index is -4.46. The van der Waals surface area contributed by atoms with Crippen LogP contribution in [0, 0.1) is 0 Å². The highest BCUT2D eigenvalue weighted by molar-refractivity contribution is 7.14. The van der Waals surface area contributed by atoms with Gasteiger partial charge < -0.3 is 9.73 Å². The van der Waals surface area contributed by atoms with Gasteiger partial charge >= 0.3 is 12.2 Å². The molecule has 0 saturated carbocycles. The fourth-order valence-electron chi connectivity index (χ4n) is 2.40. The molecule has 142 valence electrons. The van der Waals surface area contributed by atoms with Crippen molar-refractivity contribution in [3.8, 4) is 0 Å². The molecule has 0 spiro atoms. The van der Waals surface area contributed by atoms with Crippen LogP contribution in [-0.2, 0) is 6.18 Å². The number of nitrogens with zero attached hydrogens (tertiary/aromatic N) is 2. The number of oxazole rings is 1. The molecule has 2 aromatic heterocycles. The van der Waals surface area contributed by atoms with Crippen LogP contribution in [0.4, 0.5) is 30.0 Å². The van der Waals surface area contributed by atoms with Crippen LogP contribution in [0.15, 0.2) is 58.3 Å². The van der Waals surface area contributed by atoms with Gasteiger partial charge in [-0.3, -0.25) is 10.1 Å². The molecular weight excluding hydrogens is 393 g/mol. The van der Waals surface area contributed by atoms with Gasteiger partial charge in [0, 0.05) is 11.1 Å². The summed E-state index contributed by atoms with van der Waals surface area (Å²) in [7, 11) is 0. The van der Waals surface area contributed by atoms with E-state index in [-0.39, 0.29) is 28.7 Å². The van der Waals surface area contributed by atoms with Crippen molar-refractivity contribution in [2.45, 2.75) is 6.18 Å². The van der Waals surface area contributed by atoms with Gasteiger partial charge in [-0.25, -0.2) is 4.98 Å². The quantitative estimate of drug-likeness (QED) is 0.483. The van der Waals surface area contributed by atoms with Crippen molar-refractivity contribution in [1.29, 1.82) is 0 Å². The summed E-state index contributed by atoms with van der Waals surface area (Å²) in [5.74, 6) is -0.386. The molecule has 0 aliphatic rings. The van der Waals surface area contributed by atoms with E-state index in [0.29, 0.717) is 10.8 Å².